The highest BCUT2D eigenvalue weighted by Crippen LogP contribution is 2.36. The minimum absolute atomic E-state index is 0.531. The smallest absolute Gasteiger partial charge is 0.175 e. The van der Waals surface area contributed by atoms with Gasteiger partial charge >= 0.3 is 0 Å². The van der Waals surface area contributed by atoms with Gasteiger partial charge in [0.05, 0.1) is 18.1 Å². The lowest BCUT2D eigenvalue weighted by Crippen LogP contribution is -2.12. The predicted molar refractivity (Wildman–Crippen MR) is 85.8 cm³/mol. The molecule has 0 atom stereocenters. The normalized spacial score (nSPS) is 10.6. The molecule has 0 unspecified atom stereocenters. The molecule has 0 saturated carbocycles. The van der Waals surface area contributed by atoms with Gasteiger partial charge in [-0.05, 0) is 46.2 Å². The summed E-state index contributed by atoms with van der Waals surface area (Å²) in [7, 11) is 1.65. The fourth-order valence-corrected chi connectivity index (χ4v) is 2.56. The van der Waals surface area contributed by atoms with Gasteiger partial charge in [0.15, 0.2) is 11.5 Å². The summed E-state index contributed by atoms with van der Waals surface area (Å²) >= 11 is 3.55. The molecule has 1 heterocycles. The fraction of sp³-hybridized carbons (Fsp3) is 0.400. The maximum atomic E-state index is 5.84. The van der Waals surface area contributed by atoms with Crippen LogP contribution in [0.1, 0.15) is 12.5 Å². The van der Waals surface area contributed by atoms with E-state index in [1.807, 2.05) is 23.0 Å². The largest absolute Gasteiger partial charge is 0.493 e. The van der Waals surface area contributed by atoms with E-state index in [9.17, 15) is 0 Å². The second-order valence-corrected chi connectivity index (χ2v) is 5.36. The molecule has 0 aliphatic carbocycles. The van der Waals surface area contributed by atoms with Crippen molar-refractivity contribution in [3.8, 4) is 11.5 Å². The first-order valence-corrected chi connectivity index (χ1v) is 7.71. The SMILES string of the molecule is CCNCc1cc(Br)c(OCCn2cccn2)c(OC)c1. The van der Waals surface area contributed by atoms with Crippen LogP contribution in [-0.4, -0.2) is 30.0 Å². The number of rotatable bonds is 8. The van der Waals surface area contributed by atoms with E-state index in [1.165, 1.54) is 0 Å². The number of nitrogens with one attached hydrogen (secondary N) is 1. The average molecular weight is 354 g/mol. The zero-order valence-corrected chi connectivity index (χ0v) is 13.9. The Morgan fingerprint density at radius 2 is 2.24 bits per heavy atom. The molecule has 0 aliphatic rings. The van der Waals surface area contributed by atoms with Gasteiger partial charge in [0, 0.05) is 18.9 Å². The van der Waals surface area contributed by atoms with Crippen LogP contribution in [0.3, 0.4) is 0 Å². The molecule has 0 bridgehead atoms. The molecule has 1 aromatic heterocycles. The van der Waals surface area contributed by atoms with Crippen LogP contribution in [-0.2, 0) is 13.1 Å². The Morgan fingerprint density at radius 1 is 1.38 bits per heavy atom. The van der Waals surface area contributed by atoms with Crippen LogP contribution >= 0.6 is 15.9 Å². The van der Waals surface area contributed by atoms with E-state index >= 15 is 0 Å². The van der Waals surface area contributed by atoms with Gasteiger partial charge in [0.1, 0.15) is 6.61 Å². The molecular weight excluding hydrogens is 334 g/mol. The van der Waals surface area contributed by atoms with Crippen LogP contribution in [0.5, 0.6) is 11.5 Å². The molecule has 6 heteroatoms. The molecule has 0 amide bonds. The third-order valence-electron chi connectivity index (χ3n) is 2.99. The minimum Gasteiger partial charge on any atom is -0.493 e. The summed E-state index contributed by atoms with van der Waals surface area (Å²) in [6.45, 7) is 5.05. The van der Waals surface area contributed by atoms with Crippen LogP contribution in [0.25, 0.3) is 0 Å². The molecule has 0 fully saturated rings. The van der Waals surface area contributed by atoms with Crippen molar-refractivity contribution >= 4 is 15.9 Å². The maximum Gasteiger partial charge on any atom is 0.175 e. The van der Waals surface area contributed by atoms with Crippen molar-refractivity contribution in [1.82, 2.24) is 15.1 Å². The lowest BCUT2D eigenvalue weighted by atomic mass is 10.2. The first-order valence-electron chi connectivity index (χ1n) is 6.92. The number of methoxy groups -OCH3 is 1. The molecule has 0 saturated heterocycles. The summed E-state index contributed by atoms with van der Waals surface area (Å²) in [5, 5.41) is 7.44. The topological polar surface area (TPSA) is 48.3 Å². The number of benzene rings is 1. The first-order chi connectivity index (χ1) is 10.2. The van der Waals surface area contributed by atoms with Gasteiger partial charge < -0.3 is 14.8 Å². The van der Waals surface area contributed by atoms with Crippen LogP contribution in [0, 0.1) is 0 Å². The Bertz CT molecular complexity index is 558. The van der Waals surface area contributed by atoms with Gasteiger partial charge in [-0.25, -0.2) is 0 Å². The lowest BCUT2D eigenvalue weighted by Gasteiger charge is -2.14. The van der Waals surface area contributed by atoms with Gasteiger partial charge in [0.25, 0.3) is 0 Å². The minimum atomic E-state index is 0.531. The second kappa shape index (κ2) is 8.05. The number of hydrogen-bond donors (Lipinski definition) is 1. The highest BCUT2D eigenvalue weighted by atomic mass is 79.9. The third-order valence-corrected chi connectivity index (χ3v) is 3.58. The second-order valence-electron chi connectivity index (χ2n) is 4.51. The average Bonchev–Trinajstić information content (AvgIpc) is 3.00. The number of aromatic nitrogens is 2. The molecule has 2 aromatic rings. The third kappa shape index (κ3) is 4.47. The predicted octanol–water partition coefficient (Wildman–Crippen LogP) is 2.84. The molecule has 21 heavy (non-hydrogen) atoms. The van der Waals surface area contributed by atoms with Crippen molar-refractivity contribution in [3.63, 3.8) is 0 Å². The van der Waals surface area contributed by atoms with Gasteiger partial charge in [-0.15, -0.1) is 0 Å². The summed E-state index contributed by atoms with van der Waals surface area (Å²) in [6, 6.07) is 5.94. The van der Waals surface area contributed by atoms with Crippen molar-refractivity contribution in [3.05, 3.63) is 40.6 Å². The first kappa shape index (κ1) is 15.9. The molecule has 1 N–H and O–H groups in total. The highest BCUT2D eigenvalue weighted by Gasteiger charge is 2.11. The highest BCUT2D eigenvalue weighted by molar-refractivity contribution is 9.10. The van der Waals surface area contributed by atoms with Crippen LogP contribution in [0.4, 0.5) is 0 Å². The number of ether oxygens (including phenoxy) is 2. The number of halogens is 1. The van der Waals surface area contributed by atoms with Crippen molar-refractivity contribution in [2.45, 2.75) is 20.0 Å². The summed E-state index contributed by atoms with van der Waals surface area (Å²) in [4.78, 5) is 0. The monoisotopic (exact) mass is 353 g/mol. The van der Waals surface area contributed by atoms with Crippen molar-refractivity contribution in [1.29, 1.82) is 0 Å². The van der Waals surface area contributed by atoms with Crippen molar-refractivity contribution in [2.75, 3.05) is 20.3 Å². The van der Waals surface area contributed by atoms with E-state index in [4.69, 9.17) is 9.47 Å². The summed E-state index contributed by atoms with van der Waals surface area (Å²) < 4.78 is 14.0. The quantitative estimate of drug-likeness (QED) is 0.792. The van der Waals surface area contributed by atoms with E-state index in [2.05, 4.69) is 39.3 Å². The standard InChI is InChI=1S/C15H20BrN3O2/c1-3-17-11-12-9-13(16)15(14(10-12)20-2)21-8-7-19-6-4-5-18-19/h4-6,9-10,17H,3,7-8,11H2,1-2H3. The molecular formula is C15H20BrN3O2. The molecule has 0 radical (unpaired) electrons. The van der Waals surface area contributed by atoms with Crippen molar-refractivity contribution in [2.24, 2.45) is 0 Å². The Labute approximate surface area is 133 Å². The van der Waals surface area contributed by atoms with Gasteiger partial charge in [-0.1, -0.05) is 6.92 Å². The molecule has 114 valence electrons. The fourth-order valence-electron chi connectivity index (χ4n) is 1.96. The Kier molecular flexibility index (Phi) is 6.07. The summed E-state index contributed by atoms with van der Waals surface area (Å²) in [5.41, 5.74) is 1.15. The van der Waals surface area contributed by atoms with E-state index < -0.39 is 0 Å². The molecule has 1 aromatic carbocycles. The van der Waals surface area contributed by atoms with E-state index in [1.54, 1.807) is 13.3 Å². The maximum absolute atomic E-state index is 5.84. The summed E-state index contributed by atoms with van der Waals surface area (Å²) in [5.74, 6) is 1.46. The zero-order valence-electron chi connectivity index (χ0n) is 12.3. The van der Waals surface area contributed by atoms with Gasteiger partial charge in [-0.3, -0.25) is 4.68 Å². The number of hydrogen-bond acceptors (Lipinski definition) is 4. The van der Waals surface area contributed by atoms with E-state index in [0.29, 0.717) is 13.2 Å². The van der Waals surface area contributed by atoms with Crippen LogP contribution in [0.2, 0.25) is 0 Å². The van der Waals surface area contributed by atoms with Gasteiger partial charge in [-0.2, -0.15) is 5.10 Å². The molecule has 0 aliphatic heterocycles. The zero-order chi connectivity index (χ0) is 15.1. The lowest BCUT2D eigenvalue weighted by molar-refractivity contribution is 0.272. The van der Waals surface area contributed by atoms with Crippen LogP contribution < -0.4 is 14.8 Å². The Balaban J connectivity index is 2.03. The van der Waals surface area contributed by atoms with E-state index in [-0.39, 0.29) is 0 Å². The molecule has 2 rings (SSSR count). The Morgan fingerprint density at radius 3 is 2.90 bits per heavy atom. The molecule has 0 spiro atoms. The van der Waals surface area contributed by atoms with Gasteiger partial charge in [0.2, 0.25) is 0 Å². The Hall–Kier alpha value is -1.53. The van der Waals surface area contributed by atoms with Crippen LogP contribution in [0.15, 0.2) is 35.1 Å². The van der Waals surface area contributed by atoms with Crippen molar-refractivity contribution < 1.29 is 9.47 Å². The van der Waals surface area contributed by atoms with E-state index in [0.717, 1.165) is 34.6 Å². The number of nitrogens with zero attached hydrogens (tertiary/aromatic N) is 2. The summed E-state index contributed by atoms with van der Waals surface area (Å²) in [6.07, 6.45) is 3.67. The molecule has 5 nitrogen and oxygen atoms in total.